The number of nitro groups is 1. The molecule has 1 aromatic rings. The SMILES string of the molecule is C#CC(C)(C)NCc1ccc(Br)c([N+](=O)[O-])c1. The van der Waals surface area contributed by atoms with Crippen molar-refractivity contribution in [2.75, 3.05) is 0 Å². The van der Waals surface area contributed by atoms with Crippen LogP contribution in [0.25, 0.3) is 0 Å². The third-order valence-electron chi connectivity index (χ3n) is 2.30. The maximum Gasteiger partial charge on any atom is 0.283 e. The first-order valence-electron chi connectivity index (χ1n) is 5.01. The van der Waals surface area contributed by atoms with E-state index in [2.05, 4.69) is 27.2 Å². The predicted octanol–water partition coefficient (Wildman–Crippen LogP) is 2.86. The van der Waals surface area contributed by atoms with Crippen molar-refractivity contribution in [3.63, 3.8) is 0 Å². The number of nitrogens with one attached hydrogen (secondary N) is 1. The Morgan fingerprint density at radius 2 is 2.24 bits per heavy atom. The van der Waals surface area contributed by atoms with Crippen molar-refractivity contribution < 1.29 is 4.92 Å². The van der Waals surface area contributed by atoms with E-state index in [1.807, 2.05) is 19.9 Å². The van der Waals surface area contributed by atoms with Crippen LogP contribution in [0.15, 0.2) is 22.7 Å². The average molecular weight is 297 g/mol. The molecule has 0 atom stereocenters. The normalized spacial score (nSPS) is 10.9. The molecule has 0 radical (unpaired) electrons. The van der Waals surface area contributed by atoms with Gasteiger partial charge in [0.15, 0.2) is 0 Å². The van der Waals surface area contributed by atoms with Crippen molar-refractivity contribution >= 4 is 21.6 Å². The summed E-state index contributed by atoms with van der Waals surface area (Å²) in [5.41, 5.74) is 0.452. The van der Waals surface area contributed by atoms with Crippen LogP contribution in [0, 0.1) is 22.5 Å². The lowest BCUT2D eigenvalue weighted by atomic mass is 10.1. The molecule has 0 aliphatic heterocycles. The Balaban J connectivity index is 2.84. The summed E-state index contributed by atoms with van der Waals surface area (Å²) in [5, 5.41) is 13.9. The fourth-order valence-electron chi connectivity index (χ4n) is 1.18. The van der Waals surface area contributed by atoms with E-state index in [0.717, 1.165) is 5.56 Å². The maximum atomic E-state index is 10.8. The van der Waals surface area contributed by atoms with Gasteiger partial charge >= 0.3 is 0 Å². The summed E-state index contributed by atoms with van der Waals surface area (Å²) in [6.07, 6.45) is 5.34. The first-order chi connectivity index (χ1) is 7.85. The fraction of sp³-hybridized carbons (Fsp3) is 0.333. The van der Waals surface area contributed by atoms with E-state index in [1.54, 1.807) is 6.07 Å². The summed E-state index contributed by atoms with van der Waals surface area (Å²) >= 11 is 3.14. The number of rotatable bonds is 4. The van der Waals surface area contributed by atoms with Crippen molar-refractivity contribution in [2.45, 2.75) is 25.9 Å². The van der Waals surface area contributed by atoms with E-state index < -0.39 is 10.5 Å². The van der Waals surface area contributed by atoms with E-state index in [0.29, 0.717) is 11.0 Å². The molecule has 0 fully saturated rings. The second-order valence-electron chi connectivity index (χ2n) is 4.17. The van der Waals surface area contributed by atoms with Crippen LogP contribution in [0.2, 0.25) is 0 Å². The smallest absolute Gasteiger partial charge is 0.283 e. The molecule has 0 saturated heterocycles. The Labute approximate surface area is 109 Å². The van der Waals surface area contributed by atoms with E-state index in [1.165, 1.54) is 6.07 Å². The molecule has 0 saturated carbocycles. The minimum atomic E-state index is -0.429. The van der Waals surface area contributed by atoms with Crippen molar-refractivity contribution in [3.8, 4) is 12.3 Å². The lowest BCUT2D eigenvalue weighted by Gasteiger charge is -2.19. The molecule has 0 bridgehead atoms. The zero-order valence-electron chi connectivity index (χ0n) is 9.66. The lowest BCUT2D eigenvalue weighted by Crippen LogP contribution is -2.36. The number of nitrogens with zero attached hydrogens (tertiary/aromatic N) is 1. The van der Waals surface area contributed by atoms with Crippen LogP contribution in [0.3, 0.4) is 0 Å². The highest BCUT2D eigenvalue weighted by Gasteiger charge is 2.15. The highest BCUT2D eigenvalue weighted by molar-refractivity contribution is 9.10. The van der Waals surface area contributed by atoms with Crippen LogP contribution < -0.4 is 5.32 Å². The molecule has 17 heavy (non-hydrogen) atoms. The second-order valence-corrected chi connectivity index (χ2v) is 5.02. The van der Waals surface area contributed by atoms with Gasteiger partial charge in [-0.05, 0) is 41.4 Å². The fourth-order valence-corrected chi connectivity index (χ4v) is 1.57. The number of terminal acetylenes is 1. The molecule has 4 nitrogen and oxygen atoms in total. The molecule has 0 aliphatic carbocycles. The number of halogens is 1. The number of nitro benzene ring substituents is 1. The lowest BCUT2D eigenvalue weighted by molar-refractivity contribution is -0.385. The van der Waals surface area contributed by atoms with E-state index in [9.17, 15) is 10.1 Å². The Hall–Kier alpha value is -1.38. The molecule has 0 heterocycles. The van der Waals surface area contributed by atoms with Gasteiger partial charge in [0, 0.05) is 12.6 Å². The van der Waals surface area contributed by atoms with E-state index >= 15 is 0 Å². The predicted molar refractivity (Wildman–Crippen MR) is 70.5 cm³/mol. The van der Waals surface area contributed by atoms with Crippen LogP contribution in [-0.2, 0) is 6.54 Å². The van der Waals surface area contributed by atoms with Gasteiger partial charge in [-0.1, -0.05) is 12.0 Å². The molecule has 5 heteroatoms. The van der Waals surface area contributed by atoms with Gasteiger partial charge in [0.2, 0.25) is 0 Å². The summed E-state index contributed by atoms with van der Waals surface area (Å²) in [4.78, 5) is 10.3. The summed E-state index contributed by atoms with van der Waals surface area (Å²) in [6, 6.07) is 5.01. The van der Waals surface area contributed by atoms with Gasteiger partial charge in [0.1, 0.15) is 0 Å². The molecule has 1 N–H and O–H groups in total. The number of hydrogen-bond acceptors (Lipinski definition) is 3. The first kappa shape index (κ1) is 13.7. The Morgan fingerprint density at radius 1 is 1.59 bits per heavy atom. The third-order valence-corrected chi connectivity index (χ3v) is 2.97. The molecule has 0 spiro atoms. The third kappa shape index (κ3) is 3.84. The van der Waals surface area contributed by atoms with Gasteiger partial charge in [-0.2, -0.15) is 0 Å². The van der Waals surface area contributed by atoms with Crippen molar-refractivity contribution in [1.82, 2.24) is 5.32 Å². The molecule has 0 unspecified atom stereocenters. The topological polar surface area (TPSA) is 55.2 Å². The number of hydrogen-bond donors (Lipinski definition) is 1. The summed E-state index contributed by atoms with van der Waals surface area (Å²) in [7, 11) is 0. The van der Waals surface area contributed by atoms with Crippen molar-refractivity contribution in [1.29, 1.82) is 0 Å². The Kier molecular flexibility index (Phi) is 4.27. The van der Waals surface area contributed by atoms with Crippen molar-refractivity contribution in [3.05, 3.63) is 38.3 Å². The van der Waals surface area contributed by atoms with Gasteiger partial charge in [-0.25, -0.2) is 0 Å². The molecule has 0 amide bonds. The highest BCUT2D eigenvalue weighted by Crippen LogP contribution is 2.25. The van der Waals surface area contributed by atoms with Crippen LogP contribution in [0.4, 0.5) is 5.69 Å². The quantitative estimate of drug-likeness (QED) is 0.528. The summed E-state index contributed by atoms with van der Waals surface area (Å²) in [5.74, 6) is 2.61. The van der Waals surface area contributed by atoms with Gasteiger partial charge < -0.3 is 0 Å². The van der Waals surface area contributed by atoms with Crippen LogP contribution in [0.1, 0.15) is 19.4 Å². The van der Waals surface area contributed by atoms with Crippen molar-refractivity contribution in [2.24, 2.45) is 0 Å². The highest BCUT2D eigenvalue weighted by atomic mass is 79.9. The Bertz CT molecular complexity index is 478. The van der Waals surface area contributed by atoms with E-state index in [-0.39, 0.29) is 5.69 Å². The van der Waals surface area contributed by atoms with E-state index in [4.69, 9.17) is 6.42 Å². The molecule has 90 valence electrons. The molecule has 1 aromatic carbocycles. The van der Waals surface area contributed by atoms with Gasteiger partial charge in [-0.3, -0.25) is 15.4 Å². The molecule has 0 aliphatic rings. The monoisotopic (exact) mass is 296 g/mol. The number of benzene rings is 1. The van der Waals surface area contributed by atoms with Gasteiger partial charge in [0.05, 0.1) is 14.9 Å². The summed E-state index contributed by atoms with van der Waals surface area (Å²) in [6.45, 7) is 4.24. The molecular weight excluding hydrogens is 284 g/mol. The largest absolute Gasteiger partial charge is 0.298 e. The zero-order valence-corrected chi connectivity index (χ0v) is 11.2. The minimum Gasteiger partial charge on any atom is -0.298 e. The maximum absolute atomic E-state index is 10.8. The average Bonchev–Trinajstić information content (AvgIpc) is 2.27. The molecular formula is C12H13BrN2O2. The van der Waals surface area contributed by atoms with Gasteiger partial charge in [-0.15, -0.1) is 6.42 Å². The van der Waals surface area contributed by atoms with Crippen LogP contribution in [-0.4, -0.2) is 10.5 Å². The molecule has 0 aromatic heterocycles. The minimum absolute atomic E-state index is 0.0582. The van der Waals surface area contributed by atoms with Gasteiger partial charge in [0.25, 0.3) is 5.69 Å². The van der Waals surface area contributed by atoms with Crippen LogP contribution in [0.5, 0.6) is 0 Å². The van der Waals surface area contributed by atoms with Crippen LogP contribution >= 0.6 is 15.9 Å². The zero-order chi connectivity index (χ0) is 13.1. The Morgan fingerprint density at radius 3 is 2.76 bits per heavy atom. The summed E-state index contributed by atoms with van der Waals surface area (Å²) < 4.78 is 0.475. The second kappa shape index (κ2) is 5.30. The molecule has 1 rings (SSSR count). The first-order valence-corrected chi connectivity index (χ1v) is 5.80. The standard InChI is InChI=1S/C12H13BrN2O2/c1-4-12(2,3)14-8-9-5-6-10(13)11(7-9)15(16)17/h1,5-7,14H,8H2,2-3H3.